The summed E-state index contributed by atoms with van der Waals surface area (Å²) in [6.07, 6.45) is -5.07. The molecule has 1 rings (SSSR count). The van der Waals surface area contributed by atoms with Crippen molar-refractivity contribution in [1.29, 1.82) is 0 Å². The molecular weight excluding hydrogens is 276 g/mol. The van der Waals surface area contributed by atoms with Crippen LogP contribution in [-0.4, -0.2) is 18.8 Å². The molecule has 0 atom stereocenters. The first-order valence-electron chi connectivity index (χ1n) is 5.57. The summed E-state index contributed by atoms with van der Waals surface area (Å²) in [5, 5.41) is 0. The average molecular weight is 286 g/mol. The molecule has 1 aromatic rings. The van der Waals surface area contributed by atoms with Gasteiger partial charge in [-0.15, -0.1) is 0 Å². The number of esters is 1. The van der Waals surface area contributed by atoms with E-state index in [4.69, 9.17) is 0 Å². The van der Waals surface area contributed by atoms with Crippen LogP contribution in [-0.2, 0) is 9.53 Å². The van der Waals surface area contributed by atoms with Gasteiger partial charge in [0.05, 0.1) is 6.61 Å². The molecule has 0 fully saturated rings. The second-order valence-electron chi connectivity index (χ2n) is 3.52. The van der Waals surface area contributed by atoms with Gasteiger partial charge in [0.15, 0.2) is 0 Å². The molecular formula is C14H10F4O2. The quantitative estimate of drug-likeness (QED) is 0.360. The monoisotopic (exact) mass is 286 g/mol. The molecule has 0 heterocycles. The lowest BCUT2D eigenvalue weighted by Crippen LogP contribution is -2.17. The summed E-state index contributed by atoms with van der Waals surface area (Å²) in [7, 11) is 0. The van der Waals surface area contributed by atoms with Crippen LogP contribution in [0.2, 0.25) is 0 Å². The first-order valence-corrected chi connectivity index (χ1v) is 5.57. The van der Waals surface area contributed by atoms with Gasteiger partial charge in [0.2, 0.25) is 5.83 Å². The number of carbonyl (C=O) groups is 1. The van der Waals surface area contributed by atoms with Gasteiger partial charge in [-0.1, -0.05) is 30.0 Å². The maximum Gasteiger partial charge on any atom is 0.427 e. The Bertz CT molecular complexity index is 562. The van der Waals surface area contributed by atoms with Crippen molar-refractivity contribution in [2.45, 2.75) is 13.1 Å². The molecule has 0 aliphatic heterocycles. The molecule has 106 valence electrons. The number of hydrogen-bond donors (Lipinski definition) is 0. The first-order chi connectivity index (χ1) is 9.36. The van der Waals surface area contributed by atoms with E-state index in [1.807, 2.05) is 0 Å². The van der Waals surface area contributed by atoms with Crippen molar-refractivity contribution in [3.05, 3.63) is 47.3 Å². The maximum atomic E-state index is 13.4. The average Bonchev–Trinajstić information content (AvgIpc) is 2.38. The fraction of sp³-hybridized carbons (Fsp3) is 0.214. The summed E-state index contributed by atoms with van der Waals surface area (Å²) in [6.45, 7) is 1.12. The van der Waals surface area contributed by atoms with Crippen molar-refractivity contribution < 1.29 is 27.1 Å². The smallest absolute Gasteiger partial charge is 0.427 e. The van der Waals surface area contributed by atoms with Gasteiger partial charge in [0, 0.05) is 5.56 Å². The van der Waals surface area contributed by atoms with E-state index in [0.717, 1.165) is 0 Å². The topological polar surface area (TPSA) is 26.3 Å². The fourth-order valence-electron chi connectivity index (χ4n) is 1.20. The number of alkyl halides is 3. The number of rotatable bonds is 2. The summed E-state index contributed by atoms with van der Waals surface area (Å²) in [4.78, 5) is 11.0. The molecule has 0 bridgehead atoms. The standard InChI is InChI=1S/C14H10F4O2/c1-2-20-13(19)12(15)11(14(16,17)18)9-8-10-6-4-3-5-7-10/h3-7H,2H2,1H3/b12-11+. The normalized spacial score (nSPS) is 12.1. The van der Waals surface area contributed by atoms with Crippen LogP contribution in [0.1, 0.15) is 12.5 Å². The first kappa shape index (κ1) is 15.8. The van der Waals surface area contributed by atoms with Gasteiger partial charge >= 0.3 is 12.1 Å². The molecule has 0 aromatic heterocycles. The van der Waals surface area contributed by atoms with Crippen molar-refractivity contribution in [3.63, 3.8) is 0 Å². The third kappa shape index (κ3) is 4.43. The number of allylic oxidation sites excluding steroid dienone is 1. The van der Waals surface area contributed by atoms with Crippen molar-refractivity contribution >= 4 is 5.97 Å². The van der Waals surface area contributed by atoms with Gasteiger partial charge in [-0.3, -0.25) is 0 Å². The van der Waals surface area contributed by atoms with Crippen LogP contribution < -0.4 is 0 Å². The largest absolute Gasteiger partial charge is 0.461 e. The Morgan fingerprint density at radius 1 is 1.25 bits per heavy atom. The summed E-state index contributed by atoms with van der Waals surface area (Å²) >= 11 is 0. The van der Waals surface area contributed by atoms with E-state index in [9.17, 15) is 22.4 Å². The number of benzene rings is 1. The third-order valence-electron chi connectivity index (χ3n) is 2.06. The molecule has 0 radical (unpaired) electrons. The Kier molecular flexibility index (Phi) is 5.32. The highest BCUT2D eigenvalue weighted by atomic mass is 19.4. The van der Waals surface area contributed by atoms with Crippen LogP contribution in [0.25, 0.3) is 0 Å². The molecule has 0 aliphatic carbocycles. The zero-order chi connectivity index (χ0) is 15.2. The Labute approximate surface area is 113 Å². The minimum Gasteiger partial charge on any atom is -0.461 e. The van der Waals surface area contributed by atoms with E-state index in [1.54, 1.807) is 24.1 Å². The zero-order valence-electron chi connectivity index (χ0n) is 10.4. The van der Waals surface area contributed by atoms with Crippen LogP contribution >= 0.6 is 0 Å². The van der Waals surface area contributed by atoms with E-state index < -0.39 is 23.5 Å². The van der Waals surface area contributed by atoms with Crippen molar-refractivity contribution in [2.75, 3.05) is 6.61 Å². The lowest BCUT2D eigenvalue weighted by molar-refractivity contribution is -0.141. The molecule has 0 unspecified atom stereocenters. The van der Waals surface area contributed by atoms with Gasteiger partial charge in [0.25, 0.3) is 0 Å². The van der Waals surface area contributed by atoms with Gasteiger partial charge < -0.3 is 4.74 Å². The van der Waals surface area contributed by atoms with E-state index >= 15 is 0 Å². The van der Waals surface area contributed by atoms with Crippen molar-refractivity contribution in [1.82, 2.24) is 0 Å². The predicted molar refractivity (Wildman–Crippen MR) is 64.1 cm³/mol. The van der Waals surface area contributed by atoms with Gasteiger partial charge in [-0.2, -0.15) is 17.6 Å². The number of halogens is 4. The zero-order valence-corrected chi connectivity index (χ0v) is 10.4. The van der Waals surface area contributed by atoms with Crippen LogP contribution in [0.15, 0.2) is 41.7 Å². The van der Waals surface area contributed by atoms with Crippen LogP contribution in [0.4, 0.5) is 17.6 Å². The van der Waals surface area contributed by atoms with Crippen molar-refractivity contribution in [2.24, 2.45) is 0 Å². The van der Waals surface area contributed by atoms with Crippen molar-refractivity contribution in [3.8, 4) is 11.8 Å². The number of carbonyl (C=O) groups excluding carboxylic acids is 1. The maximum absolute atomic E-state index is 13.4. The van der Waals surface area contributed by atoms with E-state index in [2.05, 4.69) is 10.7 Å². The van der Waals surface area contributed by atoms with Gasteiger partial charge in [0.1, 0.15) is 5.57 Å². The minimum absolute atomic E-state index is 0.233. The van der Waals surface area contributed by atoms with E-state index in [0.29, 0.717) is 0 Å². The summed E-state index contributed by atoms with van der Waals surface area (Å²) in [5.74, 6) is 0.0798. The Hall–Kier alpha value is -2.29. The Morgan fingerprint density at radius 2 is 1.85 bits per heavy atom. The van der Waals surface area contributed by atoms with Crippen LogP contribution in [0.5, 0.6) is 0 Å². The van der Waals surface area contributed by atoms with Crippen LogP contribution in [0.3, 0.4) is 0 Å². The third-order valence-corrected chi connectivity index (χ3v) is 2.06. The molecule has 0 amide bonds. The number of ether oxygens (including phenoxy) is 1. The minimum atomic E-state index is -5.07. The molecule has 6 heteroatoms. The molecule has 0 saturated heterocycles. The van der Waals surface area contributed by atoms with Crippen LogP contribution in [0, 0.1) is 11.8 Å². The predicted octanol–water partition coefficient (Wildman–Crippen LogP) is 3.39. The molecule has 2 nitrogen and oxygen atoms in total. The summed E-state index contributed by atoms with van der Waals surface area (Å²) in [6, 6.07) is 7.73. The lowest BCUT2D eigenvalue weighted by atomic mass is 10.2. The highest BCUT2D eigenvalue weighted by Crippen LogP contribution is 2.29. The molecule has 0 saturated carbocycles. The molecule has 0 aliphatic rings. The molecule has 0 N–H and O–H groups in total. The van der Waals surface area contributed by atoms with Gasteiger partial charge in [-0.05, 0) is 19.1 Å². The second kappa shape index (κ2) is 6.75. The highest BCUT2D eigenvalue weighted by Gasteiger charge is 2.38. The fourth-order valence-corrected chi connectivity index (χ4v) is 1.20. The van der Waals surface area contributed by atoms with E-state index in [1.165, 1.54) is 19.1 Å². The number of hydrogen-bond acceptors (Lipinski definition) is 2. The highest BCUT2D eigenvalue weighted by molar-refractivity contribution is 5.88. The van der Waals surface area contributed by atoms with Gasteiger partial charge in [-0.25, -0.2) is 4.79 Å². The summed E-state index contributed by atoms with van der Waals surface area (Å²) in [5.41, 5.74) is -1.58. The SMILES string of the molecule is CCOC(=O)/C(F)=C(/C#Cc1ccccc1)C(F)(F)F. The molecule has 20 heavy (non-hydrogen) atoms. The Morgan fingerprint density at radius 3 is 2.35 bits per heavy atom. The summed E-state index contributed by atoms with van der Waals surface area (Å²) < 4.78 is 55.6. The van der Waals surface area contributed by atoms with E-state index in [-0.39, 0.29) is 12.2 Å². The Balaban J connectivity index is 3.19. The second-order valence-corrected chi connectivity index (χ2v) is 3.52. The molecule has 1 aromatic carbocycles. The molecule has 0 spiro atoms. The lowest BCUT2D eigenvalue weighted by Gasteiger charge is -2.07.